The van der Waals surface area contributed by atoms with Gasteiger partial charge in [-0.3, -0.25) is 9.69 Å². The van der Waals surface area contributed by atoms with E-state index in [1.54, 1.807) is 4.90 Å². The highest BCUT2D eigenvalue weighted by atomic mass is 16.5. The van der Waals surface area contributed by atoms with Gasteiger partial charge >= 0.3 is 6.03 Å². The molecule has 0 saturated carbocycles. The minimum absolute atomic E-state index is 0.0680. The van der Waals surface area contributed by atoms with Crippen molar-refractivity contribution in [2.45, 2.75) is 32.7 Å². The van der Waals surface area contributed by atoms with Crippen LogP contribution in [0.3, 0.4) is 0 Å². The van der Waals surface area contributed by atoms with E-state index in [-0.39, 0.29) is 18.0 Å². The van der Waals surface area contributed by atoms with Gasteiger partial charge in [0, 0.05) is 6.54 Å². The molecule has 0 unspecified atom stereocenters. The average molecular weight is 288 g/mol. The van der Waals surface area contributed by atoms with E-state index in [4.69, 9.17) is 4.74 Å². The third-order valence-electron chi connectivity index (χ3n) is 4.06. The van der Waals surface area contributed by atoms with Crippen LogP contribution in [0.1, 0.15) is 24.0 Å². The normalized spacial score (nSPS) is 21.1. The highest BCUT2D eigenvalue weighted by molar-refractivity contribution is 6.04. The van der Waals surface area contributed by atoms with Gasteiger partial charge in [-0.1, -0.05) is 6.07 Å². The highest BCUT2D eigenvalue weighted by Crippen LogP contribution is 2.27. The Hall–Kier alpha value is -2.04. The average Bonchev–Trinajstić information content (AvgIpc) is 2.97. The number of nitrogens with zero attached hydrogens (tertiary/aromatic N) is 2. The zero-order valence-corrected chi connectivity index (χ0v) is 12.5. The summed E-state index contributed by atoms with van der Waals surface area (Å²) in [5.41, 5.74) is 2.28. The number of urea groups is 1. The molecule has 2 saturated heterocycles. The molecule has 0 aromatic heterocycles. The first-order chi connectivity index (χ1) is 10.1. The molecular weight excluding hydrogens is 268 g/mol. The van der Waals surface area contributed by atoms with E-state index >= 15 is 0 Å². The van der Waals surface area contributed by atoms with E-state index in [1.165, 1.54) is 4.90 Å². The van der Waals surface area contributed by atoms with Crippen LogP contribution in [0, 0.1) is 13.8 Å². The lowest BCUT2D eigenvalue weighted by Crippen LogP contribution is -2.36. The topological polar surface area (TPSA) is 49.9 Å². The number of fused-ring (bicyclic) bond motifs is 1. The fraction of sp³-hybridized carbons (Fsp3) is 0.500. The second-order valence-corrected chi connectivity index (χ2v) is 5.80. The Labute approximate surface area is 124 Å². The van der Waals surface area contributed by atoms with Gasteiger partial charge in [0.05, 0.1) is 6.54 Å². The zero-order valence-electron chi connectivity index (χ0n) is 12.5. The standard InChI is InChI=1S/C16H20N2O3/c1-11-8-12(2)10-13(9-11)21-7-6-18-15(19)14-4-3-5-17(14)16(18)20/h8-10,14H,3-7H2,1-2H3/t14-/m1/s1. The maximum Gasteiger partial charge on any atom is 0.327 e. The molecule has 3 amide bonds. The summed E-state index contributed by atoms with van der Waals surface area (Å²) in [4.78, 5) is 27.3. The zero-order chi connectivity index (χ0) is 15.0. The van der Waals surface area contributed by atoms with Gasteiger partial charge in [0.25, 0.3) is 5.91 Å². The quantitative estimate of drug-likeness (QED) is 0.797. The number of carbonyl (C=O) groups is 2. The second-order valence-electron chi connectivity index (χ2n) is 5.80. The molecule has 2 heterocycles. The fourth-order valence-corrected chi connectivity index (χ4v) is 3.16. The van der Waals surface area contributed by atoms with Gasteiger partial charge in [-0.05, 0) is 49.9 Å². The lowest BCUT2D eigenvalue weighted by atomic mass is 10.1. The maximum atomic E-state index is 12.2. The van der Waals surface area contributed by atoms with Crippen LogP contribution in [0.2, 0.25) is 0 Å². The van der Waals surface area contributed by atoms with Gasteiger partial charge in [-0.15, -0.1) is 0 Å². The number of aryl methyl sites for hydroxylation is 2. The van der Waals surface area contributed by atoms with E-state index in [0.717, 1.165) is 29.7 Å². The fourth-order valence-electron chi connectivity index (χ4n) is 3.16. The molecule has 0 aliphatic carbocycles. The molecule has 5 heteroatoms. The van der Waals surface area contributed by atoms with Gasteiger partial charge in [-0.25, -0.2) is 4.79 Å². The number of hydrogen-bond acceptors (Lipinski definition) is 3. The molecule has 0 bridgehead atoms. The lowest BCUT2D eigenvalue weighted by molar-refractivity contribution is -0.128. The van der Waals surface area contributed by atoms with Gasteiger partial charge in [0.2, 0.25) is 0 Å². The number of hydrogen-bond donors (Lipinski definition) is 0. The third-order valence-corrected chi connectivity index (χ3v) is 4.06. The Kier molecular flexibility index (Phi) is 3.57. The minimum Gasteiger partial charge on any atom is -0.492 e. The number of imide groups is 1. The van der Waals surface area contributed by atoms with Crippen LogP contribution in [0.5, 0.6) is 5.75 Å². The summed E-state index contributed by atoms with van der Waals surface area (Å²) in [5.74, 6) is 0.716. The summed E-state index contributed by atoms with van der Waals surface area (Å²) >= 11 is 0. The summed E-state index contributed by atoms with van der Waals surface area (Å²) in [6, 6.07) is 5.61. The van der Waals surface area contributed by atoms with E-state index in [1.807, 2.05) is 26.0 Å². The third kappa shape index (κ3) is 2.60. The molecule has 0 spiro atoms. The van der Waals surface area contributed by atoms with Crippen LogP contribution >= 0.6 is 0 Å². The minimum atomic E-state index is -0.223. The highest BCUT2D eigenvalue weighted by Gasteiger charge is 2.46. The van der Waals surface area contributed by atoms with Crippen LogP contribution in [0.15, 0.2) is 18.2 Å². The van der Waals surface area contributed by atoms with Crippen molar-refractivity contribution in [1.82, 2.24) is 9.80 Å². The summed E-state index contributed by atoms with van der Waals surface area (Å²) in [6.45, 7) is 5.38. The molecule has 1 atom stereocenters. The van der Waals surface area contributed by atoms with Crippen LogP contribution in [-0.2, 0) is 4.79 Å². The molecule has 0 radical (unpaired) electrons. The summed E-state index contributed by atoms with van der Waals surface area (Å²) in [7, 11) is 0. The smallest absolute Gasteiger partial charge is 0.327 e. The Morgan fingerprint density at radius 1 is 1.19 bits per heavy atom. The van der Waals surface area contributed by atoms with E-state index in [2.05, 4.69) is 6.07 Å². The molecule has 2 aliphatic heterocycles. The SMILES string of the molecule is Cc1cc(C)cc(OCCN2C(=O)[C@H]3CCCN3C2=O)c1. The summed E-state index contributed by atoms with van der Waals surface area (Å²) in [5, 5.41) is 0. The van der Waals surface area contributed by atoms with Crippen LogP contribution in [0.4, 0.5) is 4.79 Å². The van der Waals surface area contributed by atoms with Crippen LogP contribution in [0.25, 0.3) is 0 Å². The van der Waals surface area contributed by atoms with Gasteiger partial charge in [-0.2, -0.15) is 0 Å². The van der Waals surface area contributed by atoms with Crippen molar-refractivity contribution in [3.63, 3.8) is 0 Å². The molecule has 3 rings (SSSR count). The number of carbonyl (C=O) groups excluding carboxylic acids is 2. The summed E-state index contributed by atoms with van der Waals surface area (Å²) < 4.78 is 5.68. The van der Waals surface area contributed by atoms with Crippen molar-refractivity contribution in [1.29, 1.82) is 0 Å². The van der Waals surface area contributed by atoms with Gasteiger partial charge in [0.15, 0.2) is 0 Å². The lowest BCUT2D eigenvalue weighted by Gasteiger charge is -2.16. The van der Waals surface area contributed by atoms with Crippen molar-refractivity contribution >= 4 is 11.9 Å². The Bertz CT molecular complexity index is 543. The molecule has 21 heavy (non-hydrogen) atoms. The Balaban J connectivity index is 1.58. The van der Waals surface area contributed by atoms with Gasteiger partial charge in [0.1, 0.15) is 18.4 Å². The van der Waals surface area contributed by atoms with Crippen molar-refractivity contribution in [3.05, 3.63) is 29.3 Å². The largest absolute Gasteiger partial charge is 0.492 e. The molecule has 1 aromatic carbocycles. The van der Waals surface area contributed by atoms with Crippen molar-refractivity contribution < 1.29 is 14.3 Å². The van der Waals surface area contributed by atoms with E-state index < -0.39 is 0 Å². The molecule has 5 nitrogen and oxygen atoms in total. The summed E-state index contributed by atoms with van der Waals surface area (Å²) in [6.07, 6.45) is 1.72. The number of benzene rings is 1. The Morgan fingerprint density at radius 3 is 2.57 bits per heavy atom. The predicted molar refractivity (Wildman–Crippen MR) is 78.2 cm³/mol. The van der Waals surface area contributed by atoms with Crippen molar-refractivity contribution in [3.8, 4) is 5.75 Å². The van der Waals surface area contributed by atoms with Crippen molar-refractivity contribution in [2.24, 2.45) is 0 Å². The Morgan fingerprint density at radius 2 is 1.90 bits per heavy atom. The van der Waals surface area contributed by atoms with Crippen LogP contribution in [-0.4, -0.2) is 47.5 Å². The first-order valence-electron chi connectivity index (χ1n) is 7.39. The van der Waals surface area contributed by atoms with Gasteiger partial charge < -0.3 is 9.64 Å². The first kappa shape index (κ1) is 13.9. The monoisotopic (exact) mass is 288 g/mol. The number of ether oxygens (including phenoxy) is 1. The molecule has 0 N–H and O–H groups in total. The maximum absolute atomic E-state index is 12.2. The molecule has 1 aromatic rings. The predicted octanol–water partition coefficient (Wildman–Crippen LogP) is 2.11. The molecule has 112 valence electrons. The van der Waals surface area contributed by atoms with E-state index in [0.29, 0.717) is 19.7 Å². The molecule has 2 aliphatic rings. The molecule has 2 fully saturated rings. The number of amides is 3. The second kappa shape index (κ2) is 5.39. The van der Waals surface area contributed by atoms with Crippen molar-refractivity contribution in [2.75, 3.05) is 19.7 Å². The molecular formula is C16H20N2O3. The first-order valence-corrected chi connectivity index (χ1v) is 7.39. The van der Waals surface area contributed by atoms with E-state index in [9.17, 15) is 9.59 Å². The van der Waals surface area contributed by atoms with Crippen LogP contribution < -0.4 is 4.74 Å². The number of rotatable bonds is 4.